The van der Waals surface area contributed by atoms with E-state index in [0.29, 0.717) is 13.2 Å². The van der Waals surface area contributed by atoms with Gasteiger partial charge in [-0.25, -0.2) is 4.39 Å². The van der Waals surface area contributed by atoms with Gasteiger partial charge in [0.05, 0.1) is 17.7 Å². The second kappa shape index (κ2) is 9.63. The van der Waals surface area contributed by atoms with Crippen molar-refractivity contribution in [2.24, 2.45) is 0 Å². The summed E-state index contributed by atoms with van der Waals surface area (Å²) in [5, 5.41) is 14.8. The molecule has 1 fully saturated rings. The van der Waals surface area contributed by atoms with E-state index in [1.54, 1.807) is 25.0 Å². The molecule has 2 atom stereocenters. The molecular formula is C23H26ClFN4O5. The van der Waals surface area contributed by atoms with Gasteiger partial charge in [0.15, 0.2) is 11.4 Å². The van der Waals surface area contributed by atoms with Crippen molar-refractivity contribution in [2.45, 2.75) is 45.0 Å². The molecule has 2 aliphatic heterocycles. The molecule has 34 heavy (non-hydrogen) atoms. The molecule has 1 aromatic carbocycles. The topological polar surface area (TPSA) is 104 Å². The molecule has 1 saturated heterocycles. The molecule has 0 radical (unpaired) electrons. The highest BCUT2D eigenvalue weighted by molar-refractivity contribution is 6.30. The molecule has 182 valence electrons. The Morgan fingerprint density at radius 2 is 2.09 bits per heavy atom. The van der Waals surface area contributed by atoms with E-state index in [4.69, 9.17) is 16.3 Å². The second-order valence-corrected chi connectivity index (χ2v) is 8.88. The third-order valence-electron chi connectivity index (χ3n) is 6.34. The van der Waals surface area contributed by atoms with E-state index in [0.717, 1.165) is 19.3 Å². The van der Waals surface area contributed by atoms with Gasteiger partial charge in [0.2, 0.25) is 5.43 Å². The number of nitrogens with zero attached hydrogens (tertiary/aromatic N) is 3. The number of aromatic hydroxyl groups is 1. The summed E-state index contributed by atoms with van der Waals surface area (Å²) in [7, 11) is 1.58. The van der Waals surface area contributed by atoms with Gasteiger partial charge >= 0.3 is 0 Å². The van der Waals surface area contributed by atoms with Crippen LogP contribution < -0.4 is 15.8 Å². The molecule has 2 N–H and O–H groups in total. The maximum atomic E-state index is 14.2. The zero-order valence-electron chi connectivity index (χ0n) is 18.9. The highest BCUT2D eigenvalue weighted by Gasteiger charge is 2.38. The fraction of sp³-hybridized carbons (Fsp3) is 0.435. The van der Waals surface area contributed by atoms with Gasteiger partial charge in [-0.3, -0.25) is 24.1 Å². The lowest BCUT2D eigenvalue weighted by atomic mass is 10.1. The number of benzene rings is 1. The number of amides is 2. The minimum absolute atomic E-state index is 0.0876. The average Bonchev–Trinajstić information content (AvgIpc) is 2.83. The predicted molar refractivity (Wildman–Crippen MR) is 123 cm³/mol. The maximum Gasteiger partial charge on any atom is 0.277 e. The smallest absolute Gasteiger partial charge is 0.277 e. The number of fused-ring (bicyclic) bond motifs is 1. The number of carbonyl (C=O) groups is 2. The van der Waals surface area contributed by atoms with Gasteiger partial charge in [-0.1, -0.05) is 23.7 Å². The first-order valence-corrected chi connectivity index (χ1v) is 11.4. The molecule has 1 aromatic heterocycles. The van der Waals surface area contributed by atoms with Crippen molar-refractivity contribution in [3.05, 3.63) is 62.3 Å². The number of nitrogens with one attached hydrogen (secondary N) is 1. The zero-order chi connectivity index (χ0) is 24.6. The van der Waals surface area contributed by atoms with Crippen molar-refractivity contribution in [2.75, 3.05) is 25.2 Å². The van der Waals surface area contributed by atoms with Gasteiger partial charge < -0.3 is 20.1 Å². The summed E-state index contributed by atoms with van der Waals surface area (Å²) in [6.45, 7) is 2.62. The highest BCUT2D eigenvalue weighted by Crippen LogP contribution is 2.25. The Morgan fingerprint density at radius 1 is 1.32 bits per heavy atom. The molecule has 2 aromatic rings. The van der Waals surface area contributed by atoms with Crippen LogP contribution in [0.3, 0.4) is 0 Å². The van der Waals surface area contributed by atoms with Gasteiger partial charge in [-0.05, 0) is 32.3 Å². The molecule has 2 amide bonds. The van der Waals surface area contributed by atoms with Crippen molar-refractivity contribution in [1.82, 2.24) is 14.9 Å². The summed E-state index contributed by atoms with van der Waals surface area (Å²) >= 11 is 5.78. The van der Waals surface area contributed by atoms with E-state index in [9.17, 15) is 23.9 Å². The van der Waals surface area contributed by atoms with Crippen LogP contribution in [-0.2, 0) is 11.3 Å². The van der Waals surface area contributed by atoms with Crippen LogP contribution in [0.25, 0.3) is 0 Å². The lowest BCUT2D eigenvalue weighted by molar-refractivity contribution is 0.0112. The zero-order valence-corrected chi connectivity index (χ0v) is 19.6. The average molecular weight is 493 g/mol. The van der Waals surface area contributed by atoms with Crippen LogP contribution >= 0.6 is 11.6 Å². The van der Waals surface area contributed by atoms with Crippen molar-refractivity contribution in [1.29, 1.82) is 0 Å². The molecule has 11 heteroatoms. The number of ether oxygens (including phenoxy) is 1. The van der Waals surface area contributed by atoms with Crippen LogP contribution in [0.15, 0.2) is 29.2 Å². The number of hydrogen-bond donors (Lipinski definition) is 2. The quantitative estimate of drug-likeness (QED) is 0.663. The summed E-state index contributed by atoms with van der Waals surface area (Å²) in [6, 6.07) is 4.39. The standard InChI is InChI=1S/C23H26ClFN4O5/c1-13-27(2)23(33)19-21(31)20(30)16(12-29(19)28(13)11-15-7-3-4-9-34-15)22(32)26-10-14-6-5-8-17(24)18(14)25/h5-6,8,12-13,15,31H,3-4,7,9-11H2,1-2H3,(H,26,32)/t13-,15-/m0/s1. The van der Waals surface area contributed by atoms with E-state index in [2.05, 4.69) is 5.32 Å². The van der Waals surface area contributed by atoms with Crippen LogP contribution in [0.1, 0.15) is 52.6 Å². The summed E-state index contributed by atoms with van der Waals surface area (Å²) in [6.07, 6.45) is 3.54. The fourth-order valence-electron chi connectivity index (χ4n) is 4.23. The van der Waals surface area contributed by atoms with E-state index in [-0.39, 0.29) is 34.5 Å². The molecule has 4 rings (SSSR count). The molecule has 0 bridgehead atoms. The first-order valence-electron chi connectivity index (χ1n) is 11.1. The first-order chi connectivity index (χ1) is 16.2. The van der Waals surface area contributed by atoms with Gasteiger partial charge in [-0.2, -0.15) is 0 Å². The summed E-state index contributed by atoms with van der Waals surface area (Å²) in [5.74, 6) is -2.85. The first kappa shape index (κ1) is 24.0. The largest absolute Gasteiger partial charge is 0.502 e. The summed E-state index contributed by atoms with van der Waals surface area (Å²) < 4.78 is 21.4. The highest BCUT2D eigenvalue weighted by atomic mass is 35.5. The predicted octanol–water partition coefficient (Wildman–Crippen LogP) is 2.22. The Labute approximate surface area is 200 Å². The van der Waals surface area contributed by atoms with Crippen molar-refractivity contribution < 1.29 is 23.8 Å². The van der Waals surface area contributed by atoms with Gasteiger partial charge in [0.1, 0.15) is 17.5 Å². The third-order valence-corrected chi connectivity index (χ3v) is 6.63. The van der Waals surface area contributed by atoms with Crippen LogP contribution in [-0.4, -0.2) is 59.0 Å². The van der Waals surface area contributed by atoms with Gasteiger partial charge in [-0.15, -0.1) is 0 Å². The fourth-order valence-corrected chi connectivity index (χ4v) is 4.42. The third kappa shape index (κ3) is 4.35. The molecular weight excluding hydrogens is 467 g/mol. The van der Waals surface area contributed by atoms with Crippen LogP contribution in [0.2, 0.25) is 5.02 Å². The van der Waals surface area contributed by atoms with Crippen LogP contribution in [0.4, 0.5) is 4.39 Å². The van der Waals surface area contributed by atoms with Gasteiger partial charge in [0, 0.05) is 32.0 Å². The molecule has 0 saturated carbocycles. The second-order valence-electron chi connectivity index (χ2n) is 8.47. The number of carbonyl (C=O) groups excluding carboxylic acids is 2. The summed E-state index contributed by atoms with van der Waals surface area (Å²) in [4.78, 5) is 40.0. The molecule has 3 heterocycles. The Balaban J connectivity index is 1.68. The number of pyridine rings is 1. The number of rotatable bonds is 5. The van der Waals surface area contributed by atoms with Crippen molar-refractivity contribution >= 4 is 23.4 Å². The van der Waals surface area contributed by atoms with Crippen molar-refractivity contribution in [3.63, 3.8) is 0 Å². The molecule has 0 unspecified atom stereocenters. The number of aromatic nitrogens is 1. The Kier molecular flexibility index (Phi) is 6.81. The number of hydrogen-bond acceptors (Lipinski definition) is 6. The van der Waals surface area contributed by atoms with E-state index in [1.165, 1.54) is 27.9 Å². The van der Waals surface area contributed by atoms with Crippen LogP contribution in [0.5, 0.6) is 5.75 Å². The molecule has 0 aliphatic carbocycles. The Bertz CT molecular complexity index is 1180. The molecule has 2 aliphatic rings. The Hall–Kier alpha value is -3.11. The van der Waals surface area contributed by atoms with Crippen LogP contribution in [0, 0.1) is 5.82 Å². The monoisotopic (exact) mass is 492 g/mol. The molecule has 0 spiro atoms. The SMILES string of the molecule is C[C@H]1N(C)C(=O)c2c(O)c(=O)c(C(=O)NCc3cccc(Cl)c3F)cn2N1C[C@@H]1CCCCO1. The maximum absolute atomic E-state index is 14.2. The van der Waals surface area contributed by atoms with E-state index < -0.39 is 35.0 Å². The summed E-state index contributed by atoms with van der Waals surface area (Å²) in [5.41, 5.74) is -1.44. The van der Waals surface area contributed by atoms with E-state index >= 15 is 0 Å². The molecule has 9 nitrogen and oxygen atoms in total. The van der Waals surface area contributed by atoms with Crippen molar-refractivity contribution in [3.8, 4) is 5.75 Å². The minimum Gasteiger partial charge on any atom is -0.502 e. The lowest BCUT2D eigenvalue weighted by Gasteiger charge is -2.45. The lowest BCUT2D eigenvalue weighted by Crippen LogP contribution is -2.61. The normalized spacial score (nSPS) is 20.3. The van der Waals surface area contributed by atoms with E-state index in [1.807, 2.05) is 0 Å². The Morgan fingerprint density at radius 3 is 2.79 bits per heavy atom. The minimum atomic E-state index is -0.986. The van der Waals surface area contributed by atoms with Gasteiger partial charge in [0.25, 0.3) is 11.8 Å². The number of halogens is 2.